The number of hydrogen-bond acceptors (Lipinski definition) is 4. The largest absolute Gasteiger partial charge is 0.310 e. The third-order valence-electron chi connectivity index (χ3n) is 3.42. The lowest BCUT2D eigenvalue weighted by Gasteiger charge is -2.23. The molecule has 98 valence electrons. The Balaban J connectivity index is 2.00. The first kappa shape index (κ1) is 13.4. The van der Waals surface area contributed by atoms with Crippen molar-refractivity contribution in [2.45, 2.75) is 32.4 Å². The van der Waals surface area contributed by atoms with Gasteiger partial charge in [-0.1, -0.05) is 12.1 Å². The molecular formula is C13H18N2O2S. The van der Waals surface area contributed by atoms with Gasteiger partial charge in [0.1, 0.15) is 0 Å². The average Bonchev–Trinajstić information content (AvgIpc) is 2.38. The van der Waals surface area contributed by atoms with E-state index in [1.54, 1.807) is 12.1 Å². The lowest BCUT2D eigenvalue weighted by Crippen LogP contribution is -2.32. The van der Waals surface area contributed by atoms with Crippen LogP contribution < -0.4 is 5.32 Å². The smallest absolute Gasteiger partial charge is 0.272 e. The molecule has 1 aliphatic heterocycles. The minimum atomic E-state index is -0.309. The number of nitrogens with zero attached hydrogens (tertiary/aromatic N) is 1. The molecule has 1 heterocycles. The molecule has 0 aromatic heterocycles. The van der Waals surface area contributed by atoms with Crippen LogP contribution in [0.25, 0.3) is 0 Å². The van der Waals surface area contributed by atoms with E-state index >= 15 is 0 Å². The summed E-state index contributed by atoms with van der Waals surface area (Å²) >= 11 is 2.00. The van der Waals surface area contributed by atoms with E-state index in [-0.39, 0.29) is 10.6 Å². The van der Waals surface area contributed by atoms with Crippen molar-refractivity contribution in [3.8, 4) is 0 Å². The molecule has 18 heavy (non-hydrogen) atoms. The van der Waals surface area contributed by atoms with Crippen LogP contribution in [0.5, 0.6) is 0 Å². The number of thioether (sulfide) groups is 1. The SMILES string of the molecule is Cc1c(CNC2CCSCC2)cccc1[N+](=O)[O-]. The van der Waals surface area contributed by atoms with Crippen LogP contribution in [0.3, 0.4) is 0 Å². The maximum atomic E-state index is 10.9. The van der Waals surface area contributed by atoms with Crippen molar-refractivity contribution in [3.63, 3.8) is 0 Å². The lowest BCUT2D eigenvalue weighted by atomic mass is 10.1. The Morgan fingerprint density at radius 3 is 2.83 bits per heavy atom. The first-order chi connectivity index (χ1) is 8.68. The Hall–Kier alpha value is -1.07. The van der Waals surface area contributed by atoms with Crippen molar-refractivity contribution in [1.29, 1.82) is 0 Å². The van der Waals surface area contributed by atoms with E-state index in [1.165, 1.54) is 24.3 Å². The normalized spacial score (nSPS) is 16.7. The molecule has 0 saturated carbocycles. The number of nitro groups is 1. The summed E-state index contributed by atoms with van der Waals surface area (Å²) in [7, 11) is 0. The molecule has 1 aromatic rings. The van der Waals surface area contributed by atoms with Crippen molar-refractivity contribution < 1.29 is 4.92 Å². The summed E-state index contributed by atoms with van der Waals surface area (Å²) in [5, 5.41) is 14.4. The van der Waals surface area contributed by atoms with Crippen LogP contribution in [0, 0.1) is 17.0 Å². The highest BCUT2D eigenvalue weighted by Gasteiger charge is 2.16. The van der Waals surface area contributed by atoms with Crippen LogP contribution in [0.2, 0.25) is 0 Å². The van der Waals surface area contributed by atoms with E-state index in [2.05, 4.69) is 5.32 Å². The summed E-state index contributed by atoms with van der Waals surface area (Å²) in [5.74, 6) is 2.43. The van der Waals surface area contributed by atoms with Gasteiger partial charge in [0, 0.05) is 24.2 Å². The zero-order valence-electron chi connectivity index (χ0n) is 10.5. The number of benzene rings is 1. The van der Waals surface area contributed by atoms with Gasteiger partial charge in [0.15, 0.2) is 0 Å². The van der Waals surface area contributed by atoms with Crippen LogP contribution in [0.4, 0.5) is 5.69 Å². The summed E-state index contributed by atoms with van der Waals surface area (Å²) < 4.78 is 0. The van der Waals surface area contributed by atoms with Crippen LogP contribution in [0.1, 0.15) is 24.0 Å². The van der Waals surface area contributed by atoms with Gasteiger partial charge in [0.25, 0.3) is 5.69 Å². The number of nitrogens with one attached hydrogen (secondary N) is 1. The van der Waals surface area contributed by atoms with E-state index < -0.39 is 0 Å². The van der Waals surface area contributed by atoms with Gasteiger partial charge < -0.3 is 5.32 Å². The topological polar surface area (TPSA) is 55.2 Å². The predicted molar refractivity (Wildman–Crippen MR) is 75.0 cm³/mol. The van der Waals surface area contributed by atoms with Gasteiger partial charge >= 0.3 is 0 Å². The minimum absolute atomic E-state index is 0.216. The Morgan fingerprint density at radius 2 is 2.17 bits per heavy atom. The van der Waals surface area contributed by atoms with Crippen LogP contribution in [-0.4, -0.2) is 22.5 Å². The Morgan fingerprint density at radius 1 is 1.44 bits per heavy atom. The van der Waals surface area contributed by atoms with Crippen LogP contribution >= 0.6 is 11.8 Å². The molecule has 0 amide bonds. The second-order valence-electron chi connectivity index (χ2n) is 4.59. The summed E-state index contributed by atoms with van der Waals surface area (Å²) in [6, 6.07) is 5.85. The van der Waals surface area contributed by atoms with Gasteiger partial charge in [0.2, 0.25) is 0 Å². The van der Waals surface area contributed by atoms with Gasteiger partial charge in [-0.3, -0.25) is 10.1 Å². The van der Waals surface area contributed by atoms with E-state index in [4.69, 9.17) is 0 Å². The monoisotopic (exact) mass is 266 g/mol. The van der Waals surface area contributed by atoms with E-state index in [0.717, 1.165) is 17.7 Å². The van der Waals surface area contributed by atoms with Crippen molar-refractivity contribution in [3.05, 3.63) is 39.4 Å². The summed E-state index contributed by atoms with van der Waals surface area (Å²) in [6.07, 6.45) is 2.39. The molecule has 1 fully saturated rings. The molecule has 1 aliphatic rings. The molecule has 2 rings (SSSR count). The van der Waals surface area contributed by atoms with Crippen molar-refractivity contribution >= 4 is 17.4 Å². The van der Waals surface area contributed by atoms with Gasteiger partial charge in [-0.05, 0) is 36.8 Å². The summed E-state index contributed by atoms with van der Waals surface area (Å²) in [4.78, 5) is 10.6. The zero-order chi connectivity index (χ0) is 13.0. The molecular weight excluding hydrogens is 248 g/mol. The number of hydrogen-bond donors (Lipinski definition) is 1. The molecule has 1 saturated heterocycles. The third kappa shape index (κ3) is 3.23. The predicted octanol–water partition coefficient (Wildman–Crippen LogP) is 2.89. The summed E-state index contributed by atoms with van der Waals surface area (Å²) in [5.41, 5.74) is 2.02. The fourth-order valence-corrected chi connectivity index (χ4v) is 3.32. The Kier molecular flexibility index (Phi) is 4.60. The molecule has 1 aromatic carbocycles. The molecule has 0 radical (unpaired) electrons. The van der Waals surface area contributed by atoms with Crippen molar-refractivity contribution in [2.75, 3.05) is 11.5 Å². The highest BCUT2D eigenvalue weighted by Crippen LogP contribution is 2.22. The molecule has 0 aliphatic carbocycles. The highest BCUT2D eigenvalue weighted by molar-refractivity contribution is 7.99. The maximum absolute atomic E-state index is 10.9. The second kappa shape index (κ2) is 6.20. The molecule has 4 nitrogen and oxygen atoms in total. The molecule has 1 N–H and O–H groups in total. The van der Waals surface area contributed by atoms with E-state index in [0.29, 0.717) is 6.04 Å². The molecule has 5 heteroatoms. The first-order valence-corrected chi connectivity index (χ1v) is 7.38. The van der Waals surface area contributed by atoms with Crippen molar-refractivity contribution in [2.24, 2.45) is 0 Å². The average molecular weight is 266 g/mol. The van der Waals surface area contributed by atoms with Crippen molar-refractivity contribution in [1.82, 2.24) is 5.32 Å². The molecule has 0 spiro atoms. The van der Waals surface area contributed by atoms with Gasteiger partial charge in [-0.15, -0.1) is 0 Å². The zero-order valence-corrected chi connectivity index (χ0v) is 11.3. The molecule has 0 atom stereocenters. The standard InChI is InChI=1S/C13H18N2O2S/c1-10-11(3-2-4-13(10)15(16)17)9-14-12-5-7-18-8-6-12/h2-4,12,14H,5-9H2,1H3. The lowest BCUT2D eigenvalue weighted by molar-refractivity contribution is -0.385. The maximum Gasteiger partial charge on any atom is 0.272 e. The fraction of sp³-hybridized carbons (Fsp3) is 0.538. The van der Waals surface area contributed by atoms with E-state index in [1.807, 2.05) is 24.8 Å². The van der Waals surface area contributed by atoms with E-state index in [9.17, 15) is 10.1 Å². The number of rotatable bonds is 4. The minimum Gasteiger partial charge on any atom is -0.310 e. The first-order valence-electron chi connectivity index (χ1n) is 6.22. The third-order valence-corrected chi connectivity index (χ3v) is 4.47. The van der Waals surface area contributed by atoms with Gasteiger partial charge in [-0.25, -0.2) is 0 Å². The Labute approximate surface area is 111 Å². The Bertz CT molecular complexity index is 431. The van der Waals surface area contributed by atoms with Gasteiger partial charge in [-0.2, -0.15) is 11.8 Å². The van der Waals surface area contributed by atoms with Crippen LogP contribution in [0.15, 0.2) is 18.2 Å². The van der Waals surface area contributed by atoms with Gasteiger partial charge in [0.05, 0.1) is 4.92 Å². The molecule has 0 unspecified atom stereocenters. The molecule has 0 bridgehead atoms. The highest BCUT2D eigenvalue weighted by atomic mass is 32.2. The second-order valence-corrected chi connectivity index (χ2v) is 5.81. The quantitative estimate of drug-likeness (QED) is 0.672. The fourth-order valence-electron chi connectivity index (χ4n) is 2.22. The summed E-state index contributed by atoms with van der Waals surface area (Å²) in [6.45, 7) is 2.55. The van der Waals surface area contributed by atoms with Crippen LogP contribution in [-0.2, 0) is 6.54 Å². The number of nitro benzene ring substituents is 1.